The predicted octanol–water partition coefficient (Wildman–Crippen LogP) is -5.16. The van der Waals surface area contributed by atoms with Crippen LogP contribution in [0.1, 0.15) is 75.1 Å². The molecule has 0 saturated carbocycles. The number of benzene rings is 4. The lowest BCUT2D eigenvalue weighted by Crippen LogP contribution is -2.60. The van der Waals surface area contributed by atoms with Crippen molar-refractivity contribution in [2.24, 2.45) is 17.4 Å². The fourth-order valence-electron chi connectivity index (χ4n) is 12.0. The van der Waals surface area contributed by atoms with Crippen molar-refractivity contribution in [2.45, 2.75) is 151 Å². The monoisotopic (exact) mass is 1680 g/mol. The van der Waals surface area contributed by atoms with Gasteiger partial charge in [-0.25, -0.2) is 4.79 Å². The number of guanidine groups is 1. The number of carboxylic acids is 2. The summed E-state index contributed by atoms with van der Waals surface area (Å²) in [6.07, 6.45) is 3.12. The summed E-state index contributed by atoms with van der Waals surface area (Å²) in [6.45, 7) is -0.0737. The lowest BCUT2D eigenvalue weighted by atomic mass is 9.98. The number of hydrogen-bond acceptors (Lipinski definition) is 23. The third-order valence-electron chi connectivity index (χ3n) is 19.0. The van der Waals surface area contributed by atoms with Gasteiger partial charge in [0.15, 0.2) is 5.96 Å². The number of aliphatic hydroxyl groups excluding tert-OH is 3. The molecule has 0 spiro atoms. The Morgan fingerprint density at radius 3 is 1.29 bits per heavy atom. The van der Waals surface area contributed by atoms with Gasteiger partial charge in [0, 0.05) is 66.4 Å². The summed E-state index contributed by atoms with van der Waals surface area (Å²) in [5.74, 6) is -17.3. The first-order valence-electron chi connectivity index (χ1n) is 37.8. The van der Waals surface area contributed by atoms with Gasteiger partial charge < -0.3 is 132 Å². The lowest BCUT2D eigenvalue weighted by molar-refractivity contribution is -0.143. The van der Waals surface area contributed by atoms with Crippen LogP contribution in [0.3, 0.4) is 0 Å². The summed E-state index contributed by atoms with van der Waals surface area (Å²) in [5.41, 5.74) is 14.2. The number of amides is 13. The second-order valence-electron chi connectivity index (χ2n) is 27.9. The number of para-hydroxylation sites is 2. The number of rotatable bonds is 49. The zero-order valence-electron chi connectivity index (χ0n) is 65.5. The molecule has 0 aliphatic rings. The van der Waals surface area contributed by atoms with E-state index in [1.165, 1.54) is 72.7 Å². The van der Waals surface area contributed by atoms with Gasteiger partial charge in [-0.05, 0) is 103 Å². The highest BCUT2D eigenvalue weighted by Crippen LogP contribution is 2.22. The third-order valence-corrected chi connectivity index (χ3v) is 19.6. The van der Waals surface area contributed by atoms with Crippen molar-refractivity contribution in [3.8, 4) is 11.5 Å². The molecule has 42 heteroatoms. The number of carbonyl (C=O) groups is 15. The van der Waals surface area contributed by atoms with E-state index in [1.807, 2.05) is 6.92 Å². The Kier molecular flexibility index (Phi) is 37.7. The molecule has 6 rings (SSSR count). The van der Waals surface area contributed by atoms with E-state index in [4.69, 9.17) is 16.9 Å². The number of H-pyrrole nitrogens is 2. The minimum Gasteiger partial charge on any atom is -0.508 e. The number of fused-ring (bicyclic) bond motifs is 2. The smallest absolute Gasteiger partial charge is 0.326 e. The van der Waals surface area contributed by atoms with Crippen molar-refractivity contribution in [3.63, 3.8) is 0 Å². The maximum absolute atomic E-state index is 14.5. The van der Waals surface area contributed by atoms with Gasteiger partial charge in [0.25, 0.3) is 0 Å². The van der Waals surface area contributed by atoms with E-state index in [-0.39, 0.29) is 74.2 Å². The minimum atomic E-state index is -1.95. The van der Waals surface area contributed by atoms with Crippen LogP contribution < -0.4 is 85.9 Å². The van der Waals surface area contributed by atoms with Crippen LogP contribution in [0.25, 0.3) is 21.8 Å². The average Bonchev–Trinajstić information content (AvgIpc) is 1.20. The molecule has 6 aromatic rings. The molecular weight excluding hydrogens is 1580 g/mol. The fraction of sp³-hybridized carbons (Fsp3) is 0.429. The molecule has 0 unspecified atom stereocenters. The van der Waals surface area contributed by atoms with E-state index in [0.29, 0.717) is 50.5 Å². The number of carbonyl (C=O) groups excluding carboxylic acids is 13. The van der Waals surface area contributed by atoms with Crippen LogP contribution in [-0.2, 0) is 97.6 Å². The van der Waals surface area contributed by atoms with E-state index in [2.05, 4.69) is 84.4 Å². The molecule has 0 aliphatic heterocycles. The number of aliphatic hydroxyl groups is 3. The largest absolute Gasteiger partial charge is 0.508 e. The predicted molar refractivity (Wildman–Crippen MR) is 431 cm³/mol. The molecule has 0 aliphatic carbocycles. The maximum Gasteiger partial charge on any atom is 0.326 e. The summed E-state index contributed by atoms with van der Waals surface area (Å²) >= 11 is 1.29. The van der Waals surface area contributed by atoms with Crippen LogP contribution >= 0.6 is 11.8 Å². The molecule has 0 bridgehead atoms. The van der Waals surface area contributed by atoms with Crippen molar-refractivity contribution >= 4 is 128 Å². The highest BCUT2D eigenvalue weighted by atomic mass is 32.2. The van der Waals surface area contributed by atoms with Crippen molar-refractivity contribution < 1.29 is 108 Å². The summed E-state index contributed by atoms with van der Waals surface area (Å²) in [5, 5.41) is 113. The number of aromatic hydroxyl groups is 2. The number of hydrogen-bond donors (Lipinski definition) is 26. The Hall–Kier alpha value is -12.9. The van der Waals surface area contributed by atoms with Gasteiger partial charge >= 0.3 is 11.9 Å². The summed E-state index contributed by atoms with van der Waals surface area (Å²) in [6, 6.07) is 4.86. The molecule has 41 nitrogen and oxygen atoms in total. The summed E-state index contributed by atoms with van der Waals surface area (Å²) in [4.78, 5) is 211. The zero-order chi connectivity index (χ0) is 87.6. The van der Waals surface area contributed by atoms with Crippen molar-refractivity contribution in [2.75, 3.05) is 51.5 Å². The van der Waals surface area contributed by atoms with Gasteiger partial charge in [0.2, 0.25) is 76.8 Å². The Balaban J connectivity index is 1.12. The lowest BCUT2D eigenvalue weighted by Gasteiger charge is -2.26. The molecule has 13 amide bonds. The number of thioether (sulfide) groups is 1. The quantitative estimate of drug-likeness (QED) is 0.00965. The van der Waals surface area contributed by atoms with Crippen molar-refractivity contribution in [1.82, 2.24) is 84.4 Å². The maximum atomic E-state index is 14.5. The third kappa shape index (κ3) is 30.3. The Bertz CT molecular complexity index is 4550. The van der Waals surface area contributed by atoms with E-state index in [1.54, 1.807) is 61.7 Å². The SMILES string of the molecule is CC[C@H](C)[C@H](N)C(=O)N[C@@H](CCCNC(=N)N)C(=O)NCC(=O)N[C@@H](CCSC)C(=O)N[C@@H](CO)C(=O)N[C@@H](Cc1c[nH]c2ccccc12)C(=O)N[C@@H](CO)C(=O)NCC(=O)N[C@@H](Cc1c[nH]c2ccccc12)C(=O)N[C@@H](CO)C(=O)N[C@@H](C)C(=O)N[C@@H](Cc1ccc(O)cc1)C(=O)N[C@@H](CC(=O)O)C(=O)N[C@@H](Cc1ccc(O)cc1)C(=O)O. The van der Waals surface area contributed by atoms with Crippen LogP contribution in [0.4, 0.5) is 0 Å². The number of nitrogens with one attached hydrogen (secondary N) is 17. The molecule has 644 valence electrons. The second-order valence-corrected chi connectivity index (χ2v) is 28.9. The van der Waals surface area contributed by atoms with E-state index < -0.39 is 207 Å². The number of carboxylic acid groups (broad SMARTS) is 2. The number of aromatic amines is 2. The molecule has 13 atom stereocenters. The standard InChI is InChI=1S/C77H103N19O22S/c1-5-39(2)64(78)75(116)89-51(15-10-25-81-77(79)80)66(107)84-34-61(102)87-52(24-26-119-4)68(109)95-60(38-99)74(115)91-55(30-44-33-83-50-14-9-7-12-48(44)50)71(112)94-58(36-97)67(108)85-35-62(103)88-54(29-43-32-82-49-13-8-6-11-47(43)49)70(111)96-59(37-98)73(114)86-40(3)65(106)90-53(27-41-16-20-45(100)21-17-41)69(110)92-56(31-63(104)105)72(113)93-57(76(117)118)28-42-18-22-46(101)23-19-42/h6-9,11-14,16-23,32-33,39-40,51-60,64,82-83,97-101H,5,10,15,24-31,34-38,78H2,1-4H3,(H,84,107)(H,85,108)(H,86,114)(H,87,102)(H,88,103)(H,89,116)(H,90,106)(H,91,115)(H,92,110)(H,93,113)(H,94,112)(H,95,109)(H,96,111)(H,104,105)(H,117,118)(H4,79,80,81)/t39-,40-,51-,52-,53-,54-,55-,56-,57-,58-,59-,60-,64-/m0/s1. The molecule has 0 saturated heterocycles. The molecule has 119 heavy (non-hydrogen) atoms. The number of nitrogens with two attached hydrogens (primary N) is 2. The fourth-order valence-corrected chi connectivity index (χ4v) is 12.5. The van der Waals surface area contributed by atoms with Crippen LogP contribution in [-0.4, -0.2) is 264 Å². The van der Waals surface area contributed by atoms with E-state index >= 15 is 0 Å². The Morgan fingerprint density at radius 2 is 0.824 bits per heavy atom. The number of phenolic OH excluding ortho intramolecular Hbond substituents is 2. The zero-order valence-corrected chi connectivity index (χ0v) is 66.3. The highest BCUT2D eigenvalue weighted by molar-refractivity contribution is 7.98. The van der Waals surface area contributed by atoms with Gasteiger partial charge in [-0.15, -0.1) is 0 Å². The highest BCUT2D eigenvalue weighted by Gasteiger charge is 2.37. The van der Waals surface area contributed by atoms with Gasteiger partial charge in [-0.3, -0.25) is 72.5 Å². The number of aliphatic carboxylic acids is 2. The minimum absolute atomic E-state index is 0.0373. The summed E-state index contributed by atoms with van der Waals surface area (Å²) in [7, 11) is 0. The van der Waals surface area contributed by atoms with Crippen LogP contribution in [0.15, 0.2) is 109 Å². The molecule has 4 aromatic carbocycles. The van der Waals surface area contributed by atoms with Gasteiger partial charge in [-0.2, -0.15) is 11.8 Å². The van der Waals surface area contributed by atoms with Gasteiger partial charge in [-0.1, -0.05) is 80.9 Å². The number of aromatic nitrogens is 2. The Morgan fingerprint density at radius 1 is 0.445 bits per heavy atom. The molecule has 2 aromatic heterocycles. The topological polar surface area (TPSA) is 674 Å². The molecular formula is C77H103N19O22S. The first-order valence-corrected chi connectivity index (χ1v) is 39.2. The first-order chi connectivity index (χ1) is 56.6. The number of phenols is 2. The van der Waals surface area contributed by atoms with E-state index in [9.17, 15) is 108 Å². The van der Waals surface area contributed by atoms with Gasteiger partial charge in [0.05, 0.1) is 45.4 Å². The van der Waals surface area contributed by atoms with Crippen molar-refractivity contribution in [1.29, 1.82) is 5.41 Å². The normalized spacial score (nSPS) is 14.4. The van der Waals surface area contributed by atoms with Gasteiger partial charge in [0.1, 0.15) is 78.0 Å². The van der Waals surface area contributed by atoms with Crippen LogP contribution in [0.2, 0.25) is 0 Å². The second kappa shape index (κ2) is 47.3. The van der Waals surface area contributed by atoms with Crippen molar-refractivity contribution in [3.05, 3.63) is 132 Å². The Labute approximate surface area is 685 Å². The van der Waals surface area contributed by atoms with E-state index in [0.717, 1.165) is 6.92 Å². The van der Waals surface area contributed by atoms with Crippen LogP contribution in [0, 0.1) is 11.3 Å². The first kappa shape index (κ1) is 94.9. The summed E-state index contributed by atoms with van der Waals surface area (Å²) < 4.78 is 0. The van der Waals surface area contributed by atoms with Crippen LogP contribution in [0.5, 0.6) is 11.5 Å². The molecule has 28 N–H and O–H groups in total. The molecule has 0 radical (unpaired) electrons. The average molecular weight is 1680 g/mol. The molecule has 0 fully saturated rings. The molecule has 2 heterocycles.